The lowest BCUT2D eigenvalue weighted by Gasteiger charge is -2.34. The first-order chi connectivity index (χ1) is 10.0. The van der Waals surface area contributed by atoms with E-state index in [1.165, 1.54) is 0 Å². The largest absolute Gasteiger partial charge is 0.481 e. The minimum absolute atomic E-state index is 0.0817. The van der Waals surface area contributed by atoms with Gasteiger partial charge in [0.15, 0.2) is 6.10 Å². The summed E-state index contributed by atoms with van der Waals surface area (Å²) < 4.78 is 5.88. The highest BCUT2D eigenvalue weighted by atomic mass is 35.5. The van der Waals surface area contributed by atoms with Gasteiger partial charge in [0.25, 0.3) is 5.91 Å². The number of rotatable bonds is 4. The number of piperazine rings is 1. The Labute approximate surface area is 131 Å². The molecular formula is C16H23ClN2O2. The summed E-state index contributed by atoms with van der Waals surface area (Å²) in [6, 6.07) is 5.50. The molecule has 0 aliphatic carbocycles. The lowest BCUT2D eigenvalue weighted by molar-refractivity contribution is -0.140. The second kappa shape index (κ2) is 7.14. The monoisotopic (exact) mass is 310 g/mol. The average molecular weight is 311 g/mol. The van der Waals surface area contributed by atoms with Gasteiger partial charge < -0.3 is 14.5 Å². The quantitative estimate of drug-likeness (QED) is 0.857. The standard InChI is InChI=1S/C16H23ClN2O2/c1-4-15(16(20)19-9-7-18(3)8-10-19)21-13-5-6-14(17)12(2)11-13/h5-6,11,15H,4,7-10H2,1-3H3. The number of likely N-dealkylation sites (N-methyl/N-ethyl adjacent to an activating group) is 1. The van der Waals surface area contributed by atoms with Crippen molar-refractivity contribution in [1.29, 1.82) is 0 Å². The predicted octanol–water partition coefficient (Wildman–Crippen LogP) is 2.58. The van der Waals surface area contributed by atoms with Crippen molar-refractivity contribution in [2.75, 3.05) is 33.2 Å². The first-order valence-corrected chi connectivity index (χ1v) is 7.79. The molecule has 1 atom stereocenters. The molecule has 1 aromatic rings. The van der Waals surface area contributed by atoms with Crippen molar-refractivity contribution in [2.24, 2.45) is 0 Å². The zero-order valence-corrected chi connectivity index (χ0v) is 13.7. The summed E-state index contributed by atoms with van der Waals surface area (Å²) in [4.78, 5) is 16.7. The van der Waals surface area contributed by atoms with Crippen molar-refractivity contribution >= 4 is 17.5 Å². The van der Waals surface area contributed by atoms with E-state index in [4.69, 9.17) is 16.3 Å². The SMILES string of the molecule is CCC(Oc1ccc(Cl)c(C)c1)C(=O)N1CCN(C)CC1. The number of benzene rings is 1. The fourth-order valence-electron chi connectivity index (χ4n) is 2.39. The van der Waals surface area contributed by atoms with Gasteiger partial charge in [-0.15, -0.1) is 0 Å². The van der Waals surface area contributed by atoms with Crippen LogP contribution in [0.4, 0.5) is 0 Å². The Kier molecular flexibility index (Phi) is 5.48. The van der Waals surface area contributed by atoms with Crippen LogP contribution in [0.5, 0.6) is 5.75 Å². The van der Waals surface area contributed by atoms with Gasteiger partial charge in [-0.25, -0.2) is 0 Å². The topological polar surface area (TPSA) is 32.8 Å². The number of aryl methyl sites for hydroxylation is 1. The molecule has 0 radical (unpaired) electrons. The van der Waals surface area contributed by atoms with Gasteiger partial charge in [-0.1, -0.05) is 18.5 Å². The van der Waals surface area contributed by atoms with Crippen LogP contribution in [0.25, 0.3) is 0 Å². The fraction of sp³-hybridized carbons (Fsp3) is 0.562. The molecule has 5 heteroatoms. The highest BCUT2D eigenvalue weighted by Gasteiger charge is 2.26. The number of ether oxygens (including phenoxy) is 1. The van der Waals surface area contributed by atoms with Crippen molar-refractivity contribution < 1.29 is 9.53 Å². The Morgan fingerprint density at radius 2 is 2.00 bits per heavy atom. The van der Waals surface area contributed by atoms with Crippen LogP contribution in [0, 0.1) is 6.92 Å². The van der Waals surface area contributed by atoms with Gasteiger partial charge in [0.05, 0.1) is 0 Å². The molecule has 1 aliphatic heterocycles. The van der Waals surface area contributed by atoms with E-state index in [0.29, 0.717) is 17.2 Å². The van der Waals surface area contributed by atoms with Gasteiger partial charge in [-0.05, 0) is 44.2 Å². The zero-order valence-electron chi connectivity index (χ0n) is 12.9. The van der Waals surface area contributed by atoms with Crippen LogP contribution in [-0.2, 0) is 4.79 Å². The van der Waals surface area contributed by atoms with E-state index in [1.54, 1.807) is 6.07 Å². The minimum Gasteiger partial charge on any atom is -0.481 e. The van der Waals surface area contributed by atoms with Crippen LogP contribution in [0.1, 0.15) is 18.9 Å². The summed E-state index contributed by atoms with van der Waals surface area (Å²) in [5.74, 6) is 0.782. The Hall–Kier alpha value is -1.26. The molecule has 1 aliphatic rings. The summed E-state index contributed by atoms with van der Waals surface area (Å²) in [7, 11) is 2.08. The first kappa shape index (κ1) is 16.1. The highest BCUT2D eigenvalue weighted by Crippen LogP contribution is 2.23. The van der Waals surface area contributed by atoms with E-state index in [-0.39, 0.29) is 5.91 Å². The van der Waals surface area contributed by atoms with E-state index in [9.17, 15) is 4.79 Å². The third-order valence-corrected chi connectivity index (χ3v) is 4.29. The molecule has 116 valence electrons. The van der Waals surface area contributed by atoms with Crippen LogP contribution < -0.4 is 4.74 Å². The minimum atomic E-state index is -0.422. The maximum Gasteiger partial charge on any atom is 0.263 e. The molecule has 1 unspecified atom stereocenters. The molecule has 1 aromatic carbocycles. The van der Waals surface area contributed by atoms with Crippen molar-refractivity contribution in [2.45, 2.75) is 26.4 Å². The van der Waals surface area contributed by atoms with Crippen molar-refractivity contribution in [3.05, 3.63) is 28.8 Å². The van der Waals surface area contributed by atoms with E-state index < -0.39 is 6.10 Å². The van der Waals surface area contributed by atoms with Gasteiger partial charge in [-0.2, -0.15) is 0 Å². The number of carbonyl (C=O) groups is 1. The molecule has 1 amide bonds. The van der Waals surface area contributed by atoms with E-state index in [1.807, 2.05) is 30.9 Å². The van der Waals surface area contributed by atoms with Crippen molar-refractivity contribution in [3.8, 4) is 5.75 Å². The van der Waals surface area contributed by atoms with E-state index in [2.05, 4.69) is 11.9 Å². The maximum absolute atomic E-state index is 12.5. The number of carbonyl (C=O) groups excluding carboxylic acids is 1. The van der Waals surface area contributed by atoms with Crippen LogP contribution >= 0.6 is 11.6 Å². The average Bonchev–Trinajstić information content (AvgIpc) is 2.48. The van der Waals surface area contributed by atoms with Crippen LogP contribution in [0.3, 0.4) is 0 Å². The zero-order chi connectivity index (χ0) is 15.4. The van der Waals surface area contributed by atoms with Crippen LogP contribution in [0.15, 0.2) is 18.2 Å². The van der Waals surface area contributed by atoms with E-state index in [0.717, 1.165) is 31.7 Å². The smallest absolute Gasteiger partial charge is 0.263 e. The van der Waals surface area contributed by atoms with Gasteiger partial charge >= 0.3 is 0 Å². The third-order valence-electron chi connectivity index (χ3n) is 3.87. The molecular weight excluding hydrogens is 288 g/mol. The first-order valence-electron chi connectivity index (χ1n) is 7.41. The molecule has 1 heterocycles. The lowest BCUT2D eigenvalue weighted by atomic mass is 10.2. The Morgan fingerprint density at radius 3 is 2.57 bits per heavy atom. The summed E-state index contributed by atoms with van der Waals surface area (Å²) >= 11 is 6.01. The summed E-state index contributed by atoms with van der Waals surface area (Å²) in [5, 5.41) is 0.709. The molecule has 4 nitrogen and oxygen atoms in total. The van der Waals surface area contributed by atoms with Gasteiger partial charge in [-0.3, -0.25) is 4.79 Å². The molecule has 1 saturated heterocycles. The van der Waals surface area contributed by atoms with Crippen molar-refractivity contribution in [1.82, 2.24) is 9.80 Å². The van der Waals surface area contributed by atoms with Gasteiger partial charge in [0.2, 0.25) is 0 Å². The summed E-state index contributed by atoms with van der Waals surface area (Å²) in [6.07, 6.45) is 0.237. The molecule has 0 aromatic heterocycles. The molecule has 1 fully saturated rings. The molecule has 21 heavy (non-hydrogen) atoms. The number of amides is 1. The number of nitrogens with zero attached hydrogens (tertiary/aromatic N) is 2. The maximum atomic E-state index is 12.5. The normalized spacial score (nSPS) is 17.6. The summed E-state index contributed by atoms with van der Waals surface area (Å²) in [6.45, 7) is 7.29. The number of hydrogen-bond acceptors (Lipinski definition) is 3. The Bertz CT molecular complexity index is 499. The predicted molar refractivity (Wildman–Crippen MR) is 85.0 cm³/mol. The second-order valence-corrected chi connectivity index (χ2v) is 5.96. The highest BCUT2D eigenvalue weighted by molar-refractivity contribution is 6.31. The molecule has 0 N–H and O–H groups in total. The Morgan fingerprint density at radius 1 is 1.33 bits per heavy atom. The van der Waals surface area contributed by atoms with E-state index >= 15 is 0 Å². The number of halogens is 1. The van der Waals surface area contributed by atoms with Crippen LogP contribution in [-0.4, -0.2) is 55.0 Å². The molecule has 2 rings (SSSR count). The molecule has 0 bridgehead atoms. The van der Waals surface area contributed by atoms with Gasteiger partial charge in [0, 0.05) is 31.2 Å². The summed E-state index contributed by atoms with van der Waals surface area (Å²) in [5.41, 5.74) is 0.955. The van der Waals surface area contributed by atoms with Crippen molar-refractivity contribution in [3.63, 3.8) is 0 Å². The van der Waals surface area contributed by atoms with Crippen LogP contribution in [0.2, 0.25) is 5.02 Å². The molecule has 0 spiro atoms. The second-order valence-electron chi connectivity index (χ2n) is 5.55. The van der Waals surface area contributed by atoms with Gasteiger partial charge in [0.1, 0.15) is 5.75 Å². The third kappa shape index (κ3) is 4.11. The fourth-order valence-corrected chi connectivity index (χ4v) is 2.51. The molecule has 0 saturated carbocycles. The Balaban J connectivity index is 2.01. The number of hydrogen-bond donors (Lipinski definition) is 0. The lowest BCUT2D eigenvalue weighted by Crippen LogP contribution is -2.51.